The van der Waals surface area contributed by atoms with Crippen LogP contribution in [0.2, 0.25) is 0 Å². The summed E-state index contributed by atoms with van der Waals surface area (Å²) in [6, 6.07) is 6.85. The van der Waals surface area contributed by atoms with Crippen LogP contribution in [0.25, 0.3) is 0 Å². The lowest BCUT2D eigenvalue weighted by Crippen LogP contribution is -2.42. The summed E-state index contributed by atoms with van der Waals surface area (Å²) in [4.78, 5) is 2.44. The molecule has 1 saturated heterocycles. The Balaban J connectivity index is 1.97. The third-order valence-corrected chi connectivity index (χ3v) is 4.34. The fourth-order valence-electron chi connectivity index (χ4n) is 2.53. The Morgan fingerprint density at radius 2 is 2.11 bits per heavy atom. The Bertz CT molecular complexity index is 403. The summed E-state index contributed by atoms with van der Waals surface area (Å²) < 4.78 is 6.46. The molecule has 1 aromatic carbocycles. The molecule has 3 nitrogen and oxygen atoms in total. The summed E-state index contributed by atoms with van der Waals surface area (Å²) in [6.45, 7) is 5.56. The van der Waals surface area contributed by atoms with Crippen LogP contribution in [0.4, 0.5) is 5.69 Å². The Hall–Kier alpha value is -0.740. The molecule has 0 radical (unpaired) electrons. The fourth-order valence-corrected chi connectivity index (χ4v) is 3.03. The minimum Gasteiger partial charge on any atom is -0.497 e. The van der Waals surface area contributed by atoms with E-state index < -0.39 is 0 Å². The van der Waals surface area contributed by atoms with Crippen LogP contribution in [0.1, 0.15) is 26.2 Å². The molecule has 1 heterocycles. The van der Waals surface area contributed by atoms with Gasteiger partial charge < -0.3 is 15.0 Å². The number of methoxy groups -OCH3 is 1. The lowest BCUT2D eigenvalue weighted by atomic mass is 10.0. The van der Waals surface area contributed by atoms with Gasteiger partial charge in [0.2, 0.25) is 0 Å². The zero-order chi connectivity index (χ0) is 13.7. The standard InChI is InChI=1S/C15H23BrN2O/c1-3-8-17-12-6-9-18(10-7-12)15-11-13(19-2)4-5-14(15)16/h4-5,11-12,17H,3,6-10H2,1-2H3. The average Bonchev–Trinajstić information content (AvgIpc) is 2.46. The largest absolute Gasteiger partial charge is 0.497 e. The quantitative estimate of drug-likeness (QED) is 0.897. The van der Waals surface area contributed by atoms with Crippen LogP contribution in [-0.2, 0) is 0 Å². The third kappa shape index (κ3) is 3.86. The molecule has 1 aliphatic rings. The maximum atomic E-state index is 5.32. The van der Waals surface area contributed by atoms with Gasteiger partial charge in [0.05, 0.1) is 12.8 Å². The zero-order valence-electron chi connectivity index (χ0n) is 11.8. The molecule has 0 spiro atoms. The van der Waals surface area contributed by atoms with Gasteiger partial charge in [-0.15, -0.1) is 0 Å². The van der Waals surface area contributed by atoms with Crippen molar-refractivity contribution in [3.05, 3.63) is 22.7 Å². The number of ether oxygens (including phenoxy) is 1. The van der Waals surface area contributed by atoms with Gasteiger partial charge in [-0.05, 0) is 53.9 Å². The van der Waals surface area contributed by atoms with Crippen LogP contribution >= 0.6 is 15.9 Å². The Labute approximate surface area is 124 Å². The van der Waals surface area contributed by atoms with E-state index in [-0.39, 0.29) is 0 Å². The highest BCUT2D eigenvalue weighted by Crippen LogP contribution is 2.32. The van der Waals surface area contributed by atoms with Crippen molar-refractivity contribution >= 4 is 21.6 Å². The van der Waals surface area contributed by atoms with Crippen LogP contribution in [0.3, 0.4) is 0 Å². The van der Waals surface area contributed by atoms with Gasteiger partial charge in [0.25, 0.3) is 0 Å². The first-order valence-corrected chi connectivity index (χ1v) is 7.85. The van der Waals surface area contributed by atoms with Gasteiger partial charge in [0.15, 0.2) is 0 Å². The van der Waals surface area contributed by atoms with Crippen molar-refractivity contribution < 1.29 is 4.74 Å². The van der Waals surface area contributed by atoms with E-state index in [4.69, 9.17) is 4.74 Å². The van der Waals surface area contributed by atoms with Crippen molar-refractivity contribution in [1.29, 1.82) is 0 Å². The highest BCUT2D eigenvalue weighted by Gasteiger charge is 2.20. The first kappa shape index (κ1) is 14.7. The number of piperidine rings is 1. The number of nitrogens with zero attached hydrogens (tertiary/aromatic N) is 1. The van der Waals surface area contributed by atoms with E-state index in [1.165, 1.54) is 24.9 Å². The summed E-state index contributed by atoms with van der Waals surface area (Å²) in [5.41, 5.74) is 1.24. The van der Waals surface area contributed by atoms with E-state index in [0.29, 0.717) is 6.04 Å². The Morgan fingerprint density at radius 1 is 1.37 bits per heavy atom. The van der Waals surface area contributed by atoms with Gasteiger partial charge in [-0.1, -0.05) is 6.92 Å². The molecule has 0 aliphatic carbocycles. The summed E-state index contributed by atoms with van der Waals surface area (Å²) in [7, 11) is 1.72. The minimum atomic E-state index is 0.681. The van der Waals surface area contributed by atoms with E-state index in [2.05, 4.69) is 45.2 Å². The second-order valence-electron chi connectivity index (χ2n) is 5.03. The normalized spacial score (nSPS) is 16.7. The van der Waals surface area contributed by atoms with Gasteiger partial charge in [0, 0.05) is 29.7 Å². The number of nitrogens with one attached hydrogen (secondary N) is 1. The molecule has 0 unspecified atom stereocenters. The number of rotatable bonds is 5. The molecule has 106 valence electrons. The molecule has 1 N–H and O–H groups in total. The Morgan fingerprint density at radius 3 is 2.74 bits per heavy atom. The van der Waals surface area contributed by atoms with Crippen LogP contribution in [0, 0.1) is 0 Å². The molecular formula is C15H23BrN2O. The molecule has 0 saturated carbocycles. The fraction of sp³-hybridized carbons (Fsp3) is 0.600. The highest BCUT2D eigenvalue weighted by atomic mass is 79.9. The second-order valence-corrected chi connectivity index (χ2v) is 5.89. The first-order chi connectivity index (χ1) is 9.24. The predicted octanol–water partition coefficient (Wildman–Crippen LogP) is 3.43. The summed E-state index contributed by atoms with van der Waals surface area (Å²) >= 11 is 3.64. The first-order valence-electron chi connectivity index (χ1n) is 7.06. The highest BCUT2D eigenvalue weighted by molar-refractivity contribution is 9.10. The molecule has 1 aliphatic heterocycles. The van der Waals surface area contributed by atoms with E-state index >= 15 is 0 Å². The van der Waals surface area contributed by atoms with Gasteiger partial charge in [-0.2, -0.15) is 0 Å². The summed E-state index contributed by atoms with van der Waals surface area (Å²) in [6.07, 6.45) is 3.63. The molecular weight excluding hydrogens is 304 g/mol. The van der Waals surface area contributed by atoms with Crippen molar-refractivity contribution in [1.82, 2.24) is 5.32 Å². The molecule has 0 aromatic heterocycles. The zero-order valence-corrected chi connectivity index (χ0v) is 13.4. The van der Waals surface area contributed by atoms with Gasteiger partial charge in [-0.3, -0.25) is 0 Å². The van der Waals surface area contributed by atoms with E-state index in [1.807, 2.05) is 6.07 Å². The molecule has 0 atom stereocenters. The SMILES string of the molecule is CCCNC1CCN(c2cc(OC)ccc2Br)CC1. The van der Waals surface area contributed by atoms with E-state index in [9.17, 15) is 0 Å². The lowest BCUT2D eigenvalue weighted by molar-refractivity contribution is 0.409. The number of anilines is 1. The number of hydrogen-bond donors (Lipinski definition) is 1. The van der Waals surface area contributed by atoms with Gasteiger partial charge >= 0.3 is 0 Å². The monoisotopic (exact) mass is 326 g/mol. The Kier molecular flexibility index (Phi) is 5.52. The molecule has 19 heavy (non-hydrogen) atoms. The predicted molar refractivity (Wildman–Crippen MR) is 84.2 cm³/mol. The topological polar surface area (TPSA) is 24.5 Å². The van der Waals surface area contributed by atoms with Crippen LogP contribution in [0.15, 0.2) is 22.7 Å². The number of benzene rings is 1. The van der Waals surface area contributed by atoms with Crippen molar-refractivity contribution in [3.63, 3.8) is 0 Å². The molecule has 2 rings (SSSR count). The lowest BCUT2D eigenvalue weighted by Gasteiger charge is -2.34. The summed E-state index contributed by atoms with van der Waals surface area (Å²) in [5, 5.41) is 3.62. The third-order valence-electron chi connectivity index (χ3n) is 3.67. The molecule has 4 heteroatoms. The van der Waals surface area contributed by atoms with Crippen LogP contribution in [0.5, 0.6) is 5.75 Å². The van der Waals surface area contributed by atoms with Crippen molar-refractivity contribution in [3.8, 4) is 5.75 Å². The molecule has 1 aromatic rings. The number of hydrogen-bond acceptors (Lipinski definition) is 3. The maximum absolute atomic E-state index is 5.32. The molecule has 0 amide bonds. The van der Waals surface area contributed by atoms with Crippen molar-refractivity contribution in [2.45, 2.75) is 32.2 Å². The smallest absolute Gasteiger partial charge is 0.121 e. The number of halogens is 1. The van der Waals surface area contributed by atoms with Crippen LogP contribution < -0.4 is 15.0 Å². The average molecular weight is 327 g/mol. The van der Waals surface area contributed by atoms with Crippen molar-refractivity contribution in [2.75, 3.05) is 31.6 Å². The second kappa shape index (κ2) is 7.15. The molecule has 0 bridgehead atoms. The van der Waals surface area contributed by atoms with E-state index in [1.54, 1.807) is 7.11 Å². The van der Waals surface area contributed by atoms with E-state index in [0.717, 1.165) is 29.9 Å². The minimum absolute atomic E-state index is 0.681. The molecule has 1 fully saturated rings. The van der Waals surface area contributed by atoms with Gasteiger partial charge in [-0.25, -0.2) is 0 Å². The van der Waals surface area contributed by atoms with Gasteiger partial charge in [0.1, 0.15) is 5.75 Å². The van der Waals surface area contributed by atoms with Crippen molar-refractivity contribution in [2.24, 2.45) is 0 Å². The maximum Gasteiger partial charge on any atom is 0.121 e. The van der Waals surface area contributed by atoms with Crippen LogP contribution in [-0.4, -0.2) is 32.8 Å². The summed E-state index contributed by atoms with van der Waals surface area (Å²) in [5.74, 6) is 0.921.